The fraction of sp³-hybridized carbons (Fsp3) is 0.438. The van der Waals surface area contributed by atoms with Gasteiger partial charge in [0, 0.05) is 24.6 Å². The lowest BCUT2D eigenvalue weighted by atomic mass is 10.1. The number of hydrogen-bond donors (Lipinski definition) is 1. The fourth-order valence-electron chi connectivity index (χ4n) is 2.25. The molecule has 3 nitrogen and oxygen atoms in total. The summed E-state index contributed by atoms with van der Waals surface area (Å²) < 4.78 is 1.94. The van der Waals surface area contributed by atoms with Crippen LogP contribution < -0.4 is 5.32 Å². The molecule has 102 valence electrons. The highest BCUT2D eigenvalue weighted by Crippen LogP contribution is 2.13. The smallest absolute Gasteiger partial charge is 0.0660 e. The monoisotopic (exact) mass is 257 g/mol. The summed E-state index contributed by atoms with van der Waals surface area (Å²) in [5, 5.41) is 7.76. The van der Waals surface area contributed by atoms with Crippen LogP contribution in [-0.4, -0.2) is 16.3 Å². The molecule has 0 spiro atoms. The van der Waals surface area contributed by atoms with Gasteiger partial charge in [-0.25, -0.2) is 0 Å². The zero-order chi connectivity index (χ0) is 13.5. The molecule has 1 atom stereocenters. The molecule has 2 rings (SSSR count). The van der Waals surface area contributed by atoms with Crippen LogP contribution in [0.4, 0.5) is 5.69 Å². The standard InChI is InChI=1S/C16H23N3/c1-3-6-14(2)12-17-16-8-4-7-15(11-16)13-19-10-5-9-18-19/h4-5,7-11,14,17H,3,6,12-13H2,1-2H3. The van der Waals surface area contributed by atoms with Gasteiger partial charge in [-0.05, 0) is 36.1 Å². The van der Waals surface area contributed by atoms with Crippen molar-refractivity contribution in [3.8, 4) is 0 Å². The van der Waals surface area contributed by atoms with Crippen molar-refractivity contribution >= 4 is 5.69 Å². The summed E-state index contributed by atoms with van der Waals surface area (Å²) in [6.07, 6.45) is 6.33. The topological polar surface area (TPSA) is 29.9 Å². The number of aromatic nitrogens is 2. The molecule has 0 aliphatic rings. The number of nitrogens with zero attached hydrogens (tertiary/aromatic N) is 2. The van der Waals surface area contributed by atoms with Gasteiger partial charge in [0.25, 0.3) is 0 Å². The third-order valence-corrected chi connectivity index (χ3v) is 3.27. The molecular weight excluding hydrogens is 234 g/mol. The number of benzene rings is 1. The Morgan fingerprint density at radius 1 is 1.32 bits per heavy atom. The molecule has 0 saturated carbocycles. The molecule has 0 fully saturated rings. The molecule has 0 bridgehead atoms. The third kappa shape index (κ3) is 4.43. The minimum Gasteiger partial charge on any atom is -0.385 e. The Bertz CT molecular complexity index is 476. The first kappa shape index (κ1) is 13.7. The van der Waals surface area contributed by atoms with Crippen molar-refractivity contribution < 1.29 is 0 Å². The van der Waals surface area contributed by atoms with Gasteiger partial charge in [-0.3, -0.25) is 4.68 Å². The van der Waals surface area contributed by atoms with Gasteiger partial charge in [-0.15, -0.1) is 0 Å². The Morgan fingerprint density at radius 3 is 2.95 bits per heavy atom. The lowest BCUT2D eigenvalue weighted by Gasteiger charge is -2.13. The molecule has 3 heteroatoms. The number of rotatable bonds is 7. The lowest BCUT2D eigenvalue weighted by Crippen LogP contribution is -2.11. The van der Waals surface area contributed by atoms with E-state index in [1.807, 2.05) is 23.1 Å². The van der Waals surface area contributed by atoms with Crippen LogP contribution in [-0.2, 0) is 6.54 Å². The van der Waals surface area contributed by atoms with Gasteiger partial charge in [0.2, 0.25) is 0 Å². The minimum absolute atomic E-state index is 0.722. The first-order valence-corrected chi connectivity index (χ1v) is 7.08. The van der Waals surface area contributed by atoms with Gasteiger partial charge >= 0.3 is 0 Å². The van der Waals surface area contributed by atoms with Crippen LogP contribution in [0.1, 0.15) is 32.3 Å². The van der Waals surface area contributed by atoms with Crippen LogP contribution in [0.15, 0.2) is 42.7 Å². The molecule has 19 heavy (non-hydrogen) atoms. The summed E-state index contributed by atoms with van der Waals surface area (Å²) in [7, 11) is 0. The molecule has 1 aromatic heterocycles. The summed E-state index contributed by atoms with van der Waals surface area (Å²) in [6.45, 7) is 6.40. The van der Waals surface area contributed by atoms with E-state index in [4.69, 9.17) is 0 Å². The average Bonchev–Trinajstić information content (AvgIpc) is 2.90. The second-order valence-corrected chi connectivity index (χ2v) is 5.18. The van der Waals surface area contributed by atoms with Gasteiger partial charge in [0.15, 0.2) is 0 Å². The second kappa shape index (κ2) is 6.98. The summed E-state index contributed by atoms with van der Waals surface area (Å²) >= 11 is 0. The lowest BCUT2D eigenvalue weighted by molar-refractivity contribution is 0.550. The van der Waals surface area contributed by atoms with Crippen LogP contribution in [0.3, 0.4) is 0 Å². The molecule has 2 aromatic rings. The Morgan fingerprint density at radius 2 is 2.21 bits per heavy atom. The van der Waals surface area contributed by atoms with Crippen molar-refractivity contribution in [2.24, 2.45) is 5.92 Å². The second-order valence-electron chi connectivity index (χ2n) is 5.18. The van der Waals surface area contributed by atoms with Crippen molar-refractivity contribution in [2.45, 2.75) is 33.2 Å². The first-order valence-electron chi connectivity index (χ1n) is 7.08. The Labute approximate surface area is 115 Å². The zero-order valence-corrected chi connectivity index (χ0v) is 11.8. The van der Waals surface area contributed by atoms with E-state index in [9.17, 15) is 0 Å². The van der Waals surface area contributed by atoms with Crippen molar-refractivity contribution in [3.05, 3.63) is 48.3 Å². The average molecular weight is 257 g/mol. The first-order chi connectivity index (χ1) is 9.28. The molecule has 1 heterocycles. The quantitative estimate of drug-likeness (QED) is 0.818. The van der Waals surface area contributed by atoms with E-state index in [1.54, 1.807) is 0 Å². The highest BCUT2D eigenvalue weighted by Gasteiger charge is 2.01. The van der Waals surface area contributed by atoms with Crippen LogP contribution in [0, 0.1) is 5.92 Å². The maximum atomic E-state index is 4.24. The Kier molecular flexibility index (Phi) is 5.01. The zero-order valence-electron chi connectivity index (χ0n) is 11.8. The van der Waals surface area contributed by atoms with Crippen LogP contribution >= 0.6 is 0 Å². The molecule has 0 aliphatic carbocycles. The molecule has 0 saturated heterocycles. The predicted molar refractivity (Wildman–Crippen MR) is 80.3 cm³/mol. The van der Waals surface area contributed by atoms with Gasteiger partial charge in [-0.1, -0.05) is 32.4 Å². The highest BCUT2D eigenvalue weighted by molar-refractivity contribution is 5.45. The van der Waals surface area contributed by atoms with Gasteiger partial charge < -0.3 is 5.32 Å². The van der Waals surface area contributed by atoms with E-state index in [-0.39, 0.29) is 0 Å². The Balaban J connectivity index is 1.91. The van der Waals surface area contributed by atoms with Crippen molar-refractivity contribution in [1.29, 1.82) is 0 Å². The third-order valence-electron chi connectivity index (χ3n) is 3.27. The highest BCUT2D eigenvalue weighted by atomic mass is 15.3. The fourth-order valence-corrected chi connectivity index (χ4v) is 2.25. The molecule has 1 aromatic carbocycles. The van der Waals surface area contributed by atoms with Crippen molar-refractivity contribution in [1.82, 2.24) is 9.78 Å². The minimum atomic E-state index is 0.722. The van der Waals surface area contributed by atoms with Crippen LogP contribution in [0.5, 0.6) is 0 Å². The number of nitrogens with one attached hydrogen (secondary N) is 1. The molecule has 0 aliphatic heterocycles. The van der Waals surface area contributed by atoms with Crippen LogP contribution in [0.2, 0.25) is 0 Å². The maximum absolute atomic E-state index is 4.24. The maximum Gasteiger partial charge on any atom is 0.0660 e. The van der Waals surface area contributed by atoms with E-state index in [2.05, 4.69) is 48.5 Å². The van der Waals surface area contributed by atoms with E-state index >= 15 is 0 Å². The van der Waals surface area contributed by atoms with E-state index < -0.39 is 0 Å². The van der Waals surface area contributed by atoms with Crippen LogP contribution in [0.25, 0.3) is 0 Å². The molecule has 0 amide bonds. The SMILES string of the molecule is CCCC(C)CNc1cccc(Cn2cccn2)c1. The summed E-state index contributed by atoms with van der Waals surface area (Å²) in [6, 6.07) is 10.5. The van der Waals surface area contributed by atoms with Gasteiger partial charge in [0.1, 0.15) is 0 Å². The predicted octanol–water partition coefficient (Wildman–Crippen LogP) is 3.78. The van der Waals surface area contributed by atoms with E-state index in [0.29, 0.717) is 0 Å². The summed E-state index contributed by atoms with van der Waals surface area (Å²) in [5.41, 5.74) is 2.48. The molecule has 0 radical (unpaired) electrons. The van der Waals surface area contributed by atoms with E-state index in [1.165, 1.54) is 24.1 Å². The van der Waals surface area contributed by atoms with Gasteiger partial charge in [-0.2, -0.15) is 5.10 Å². The summed E-state index contributed by atoms with van der Waals surface area (Å²) in [4.78, 5) is 0. The molecule has 1 N–H and O–H groups in total. The Hall–Kier alpha value is -1.77. The molecular formula is C16H23N3. The van der Waals surface area contributed by atoms with E-state index in [0.717, 1.165) is 19.0 Å². The van der Waals surface area contributed by atoms with Crippen molar-refractivity contribution in [2.75, 3.05) is 11.9 Å². The van der Waals surface area contributed by atoms with Crippen molar-refractivity contribution in [3.63, 3.8) is 0 Å². The molecule has 1 unspecified atom stereocenters. The van der Waals surface area contributed by atoms with Gasteiger partial charge in [0.05, 0.1) is 6.54 Å². The number of hydrogen-bond acceptors (Lipinski definition) is 2. The number of anilines is 1. The largest absolute Gasteiger partial charge is 0.385 e. The summed E-state index contributed by atoms with van der Waals surface area (Å²) in [5.74, 6) is 0.722. The normalized spacial score (nSPS) is 12.3.